The molecule has 6 heteroatoms. The van der Waals surface area contributed by atoms with Crippen molar-refractivity contribution in [3.05, 3.63) is 35.8 Å². The Balaban J connectivity index is 1.71. The van der Waals surface area contributed by atoms with Gasteiger partial charge in [-0.05, 0) is 18.6 Å². The summed E-state index contributed by atoms with van der Waals surface area (Å²) in [5.74, 6) is -2.07. The molecule has 1 aromatic heterocycles. The molecule has 2 aromatic rings. The van der Waals surface area contributed by atoms with Gasteiger partial charge in [-0.2, -0.15) is 0 Å². The number of anilines is 1. The van der Waals surface area contributed by atoms with Gasteiger partial charge in [-0.1, -0.05) is 12.1 Å². The van der Waals surface area contributed by atoms with Crippen LogP contribution in [0.1, 0.15) is 6.42 Å². The van der Waals surface area contributed by atoms with Gasteiger partial charge in [0, 0.05) is 22.8 Å². The lowest BCUT2D eigenvalue weighted by molar-refractivity contribution is -0.139. The van der Waals surface area contributed by atoms with Crippen molar-refractivity contribution in [2.45, 2.75) is 6.42 Å². The van der Waals surface area contributed by atoms with E-state index in [1.54, 1.807) is 12.3 Å². The van der Waals surface area contributed by atoms with Crippen LogP contribution in [0, 0.1) is 11.8 Å². The maximum absolute atomic E-state index is 11.9. The van der Waals surface area contributed by atoms with Gasteiger partial charge >= 0.3 is 5.97 Å². The Hall–Kier alpha value is -2.21. The van der Waals surface area contributed by atoms with Gasteiger partial charge in [0.25, 0.3) is 0 Å². The molecule has 1 aromatic carbocycles. The number of hydrogen-bond acceptors (Lipinski definition) is 4. The normalized spacial score (nSPS) is 20.4. The second kappa shape index (κ2) is 5.05. The number of carboxylic acids is 1. The Kier molecular flexibility index (Phi) is 3.23. The summed E-state index contributed by atoms with van der Waals surface area (Å²) in [5.41, 5.74) is 1.60. The maximum atomic E-state index is 11.9. The van der Waals surface area contributed by atoms with Crippen LogP contribution in [-0.4, -0.2) is 22.0 Å². The molecule has 2 unspecified atom stereocenters. The van der Waals surface area contributed by atoms with Crippen molar-refractivity contribution in [1.82, 2.24) is 4.98 Å². The van der Waals surface area contributed by atoms with Gasteiger partial charge in [0.1, 0.15) is 5.01 Å². The predicted molar refractivity (Wildman–Crippen MR) is 75.4 cm³/mol. The first-order chi connectivity index (χ1) is 9.65. The lowest BCUT2D eigenvalue weighted by Crippen LogP contribution is -2.16. The van der Waals surface area contributed by atoms with Crippen molar-refractivity contribution >= 4 is 28.9 Å². The van der Waals surface area contributed by atoms with E-state index < -0.39 is 17.8 Å². The van der Waals surface area contributed by atoms with Crippen molar-refractivity contribution in [2.24, 2.45) is 11.8 Å². The Labute approximate surface area is 119 Å². The SMILES string of the molecule is O=C(O)C1CC1C(=O)Nc1cccc(-c2nccs2)c1. The molecule has 0 radical (unpaired) electrons. The summed E-state index contributed by atoms with van der Waals surface area (Å²) in [7, 11) is 0. The smallest absolute Gasteiger partial charge is 0.307 e. The van der Waals surface area contributed by atoms with Crippen molar-refractivity contribution in [3.8, 4) is 10.6 Å². The van der Waals surface area contributed by atoms with Gasteiger partial charge in [0.05, 0.1) is 11.8 Å². The van der Waals surface area contributed by atoms with E-state index in [0.717, 1.165) is 10.6 Å². The fraction of sp³-hybridized carbons (Fsp3) is 0.214. The average Bonchev–Trinajstić information content (AvgIpc) is 3.06. The highest BCUT2D eigenvalue weighted by Gasteiger charge is 2.48. The fourth-order valence-electron chi connectivity index (χ4n) is 2.09. The Morgan fingerprint density at radius 1 is 1.35 bits per heavy atom. The van der Waals surface area contributed by atoms with Crippen LogP contribution in [0.2, 0.25) is 0 Å². The molecule has 1 heterocycles. The molecule has 0 spiro atoms. The molecule has 20 heavy (non-hydrogen) atoms. The standard InChI is InChI=1S/C14H12N2O3S/c17-12(10-7-11(10)14(18)19)16-9-3-1-2-8(6-9)13-15-4-5-20-13/h1-6,10-11H,7H2,(H,16,17)(H,18,19). The number of carboxylic acid groups (broad SMARTS) is 1. The minimum Gasteiger partial charge on any atom is -0.481 e. The number of carbonyl (C=O) groups excluding carboxylic acids is 1. The van der Waals surface area contributed by atoms with Gasteiger partial charge in [0.2, 0.25) is 5.91 Å². The Bertz CT molecular complexity index is 654. The summed E-state index contributed by atoms with van der Waals surface area (Å²) >= 11 is 1.53. The molecule has 0 bridgehead atoms. The van der Waals surface area contributed by atoms with Gasteiger partial charge in [0.15, 0.2) is 0 Å². The van der Waals surface area contributed by atoms with E-state index >= 15 is 0 Å². The van der Waals surface area contributed by atoms with Crippen LogP contribution >= 0.6 is 11.3 Å². The van der Waals surface area contributed by atoms with Crippen molar-refractivity contribution in [2.75, 3.05) is 5.32 Å². The second-order valence-corrected chi connectivity index (χ2v) is 5.59. The molecule has 1 amide bonds. The van der Waals surface area contributed by atoms with Crippen LogP contribution < -0.4 is 5.32 Å². The van der Waals surface area contributed by atoms with Crippen LogP contribution in [0.5, 0.6) is 0 Å². The molecule has 1 fully saturated rings. The molecule has 0 aliphatic heterocycles. The molecule has 102 valence electrons. The molecule has 1 saturated carbocycles. The number of nitrogens with one attached hydrogen (secondary N) is 1. The van der Waals surface area contributed by atoms with Gasteiger partial charge < -0.3 is 10.4 Å². The summed E-state index contributed by atoms with van der Waals surface area (Å²) in [6, 6.07) is 7.39. The number of aliphatic carboxylic acids is 1. The van der Waals surface area contributed by atoms with E-state index in [2.05, 4.69) is 10.3 Å². The molecule has 2 atom stereocenters. The minimum absolute atomic E-state index is 0.228. The molecular weight excluding hydrogens is 276 g/mol. The first-order valence-electron chi connectivity index (χ1n) is 6.19. The predicted octanol–water partition coefficient (Wildman–Crippen LogP) is 2.47. The van der Waals surface area contributed by atoms with Crippen molar-refractivity contribution < 1.29 is 14.7 Å². The maximum Gasteiger partial charge on any atom is 0.307 e. The largest absolute Gasteiger partial charge is 0.481 e. The molecular formula is C14H12N2O3S. The van der Waals surface area contributed by atoms with E-state index in [1.165, 1.54) is 11.3 Å². The van der Waals surface area contributed by atoms with Crippen molar-refractivity contribution in [3.63, 3.8) is 0 Å². The first kappa shape index (κ1) is 12.8. The summed E-state index contributed by atoms with van der Waals surface area (Å²) in [5, 5.41) is 14.4. The summed E-state index contributed by atoms with van der Waals surface area (Å²) in [6.07, 6.45) is 2.15. The summed E-state index contributed by atoms with van der Waals surface area (Å²) in [4.78, 5) is 26.9. The van der Waals surface area contributed by atoms with Crippen LogP contribution in [0.15, 0.2) is 35.8 Å². The molecule has 5 nitrogen and oxygen atoms in total. The van der Waals surface area contributed by atoms with Crippen LogP contribution in [0.4, 0.5) is 5.69 Å². The van der Waals surface area contributed by atoms with Gasteiger partial charge in [-0.3, -0.25) is 9.59 Å². The monoisotopic (exact) mass is 288 g/mol. The Morgan fingerprint density at radius 3 is 2.85 bits per heavy atom. The topological polar surface area (TPSA) is 79.3 Å². The third kappa shape index (κ3) is 2.55. The van der Waals surface area contributed by atoms with E-state index in [9.17, 15) is 9.59 Å². The summed E-state index contributed by atoms with van der Waals surface area (Å²) < 4.78 is 0. The number of nitrogens with zero attached hydrogens (tertiary/aromatic N) is 1. The number of thiazole rings is 1. The molecule has 1 aliphatic carbocycles. The van der Waals surface area contributed by atoms with E-state index in [4.69, 9.17) is 5.11 Å². The quantitative estimate of drug-likeness (QED) is 0.905. The van der Waals surface area contributed by atoms with Gasteiger partial charge in [-0.25, -0.2) is 4.98 Å². The third-order valence-corrected chi connectivity index (χ3v) is 4.08. The first-order valence-corrected chi connectivity index (χ1v) is 7.07. The molecule has 2 N–H and O–H groups in total. The number of benzene rings is 1. The van der Waals surface area contributed by atoms with Crippen LogP contribution in [0.3, 0.4) is 0 Å². The second-order valence-electron chi connectivity index (χ2n) is 4.69. The molecule has 3 rings (SSSR count). The number of aromatic nitrogens is 1. The zero-order valence-corrected chi connectivity index (χ0v) is 11.3. The van der Waals surface area contributed by atoms with E-state index in [-0.39, 0.29) is 5.91 Å². The minimum atomic E-state index is -0.901. The lowest BCUT2D eigenvalue weighted by atomic mass is 10.2. The molecule has 1 aliphatic rings. The molecule has 0 saturated heterocycles. The highest BCUT2D eigenvalue weighted by atomic mass is 32.1. The fourth-order valence-corrected chi connectivity index (χ4v) is 2.72. The van der Waals surface area contributed by atoms with Crippen LogP contribution in [-0.2, 0) is 9.59 Å². The summed E-state index contributed by atoms with van der Waals surface area (Å²) in [6.45, 7) is 0. The zero-order chi connectivity index (χ0) is 14.1. The number of hydrogen-bond donors (Lipinski definition) is 2. The highest BCUT2D eigenvalue weighted by Crippen LogP contribution is 2.39. The highest BCUT2D eigenvalue weighted by molar-refractivity contribution is 7.13. The Morgan fingerprint density at radius 2 is 2.20 bits per heavy atom. The van der Waals surface area contributed by atoms with E-state index in [0.29, 0.717) is 12.1 Å². The number of amides is 1. The van der Waals surface area contributed by atoms with Crippen LogP contribution in [0.25, 0.3) is 10.6 Å². The lowest BCUT2D eigenvalue weighted by Gasteiger charge is -2.05. The number of carbonyl (C=O) groups is 2. The van der Waals surface area contributed by atoms with Crippen molar-refractivity contribution in [1.29, 1.82) is 0 Å². The third-order valence-electron chi connectivity index (χ3n) is 3.25. The van der Waals surface area contributed by atoms with Gasteiger partial charge in [-0.15, -0.1) is 11.3 Å². The number of rotatable bonds is 4. The van der Waals surface area contributed by atoms with E-state index in [1.807, 2.05) is 23.6 Å². The average molecular weight is 288 g/mol. The zero-order valence-electron chi connectivity index (χ0n) is 10.4.